The molecule has 0 bridgehead atoms. The molecule has 13 heavy (non-hydrogen) atoms. The van der Waals surface area contributed by atoms with Crippen molar-refractivity contribution in [2.75, 3.05) is 6.54 Å². The molecule has 0 aliphatic rings. The van der Waals surface area contributed by atoms with Gasteiger partial charge in [-0.25, -0.2) is 0 Å². The lowest BCUT2D eigenvalue weighted by Gasteiger charge is -2.12. The molecule has 72 valence electrons. The number of rotatable bonds is 4. The highest BCUT2D eigenvalue weighted by Crippen LogP contribution is 2.14. The van der Waals surface area contributed by atoms with Crippen LogP contribution in [0.2, 0.25) is 0 Å². The van der Waals surface area contributed by atoms with Gasteiger partial charge in [0, 0.05) is 10.9 Å². The van der Waals surface area contributed by atoms with Gasteiger partial charge in [0.05, 0.1) is 0 Å². The summed E-state index contributed by atoms with van der Waals surface area (Å²) < 4.78 is 0. The van der Waals surface area contributed by atoms with E-state index in [1.54, 1.807) is 11.3 Å². The van der Waals surface area contributed by atoms with Gasteiger partial charge in [0.1, 0.15) is 0 Å². The number of thiophene rings is 1. The molecule has 1 N–H and O–H groups in total. The van der Waals surface area contributed by atoms with Gasteiger partial charge in [0.2, 0.25) is 0 Å². The van der Waals surface area contributed by atoms with E-state index in [0.29, 0.717) is 6.04 Å². The summed E-state index contributed by atoms with van der Waals surface area (Å²) in [7, 11) is 0. The van der Waals surface area contributed by atoms with E-state index in [2.05, 4.69) is 49.7 Å². The summed E-state index contributed by atoms with van der Waals surface area (Å²) in [5, 5.41) is 5.50. The Morgan fingerprint density at radius 2 is 2.46 bits per heavy atom. The summed E-state index contributed by atoms with van der Waals surface area (Å²) in [6, 6.07) is 4.71. The molecule has 1 nitrogen and oxygen atoms in total. The minimum absolute atomic E-state index is 0.479. The SMILES string of the molecule is CCNC(C)/C(C)=C/c1cccs1. The second-order valence-corrected chi connectivity index (χ2v) is 4.16. The van der Waals surface area contributed by atoms with Crippen molar-refractivity contribution in [3.63, 3.8) is 0 Å². The quantitative estimate of drug-likeness (QED) is 0.778. The normalized spacial score (nSPS) is 14.5. The van der Waals surface area contributed by atoms with E-state index in [1.165, 1.54) is 10.5 Å². The van der Waals surface area contributed by atoms with Crippen LogP contribution in [0.5, 0.6) is 0 Å². The molecule has 1 aromatic rings. The summed E-state index contributed by atoms with van der Waals surface area (Å²) in [5.74, 6) is 0. The molecule has 0 aromatic carbocycles. The van der Waals surface area contributed by atoms with Gasteiger partial charge in [-0.15, -0.1) is 11.3 Å². The van der Waals surface area contributed by atoms with Crippen LogP contribution in [0.25, 0.3) is 6.08 Å². The average molecular weight is 195 g/mol. The van der Waals surface area contributed by atoms with Crippen LogP contribution in [0.15, 0.2) is 23.1 Å². The Hall–Kier alpha value is -0.600. The predicted octanol–water partition coefficient (Wildman–Crippen LogP) is 3.15. The molecule has 0 spiro atoms. The smallest absolute Gasteiger partial charge is 0.0270 e. The summed E-state index contributed by atoms with van der Waals surface area (Å²) in [6.45, 7) is 7.53. The van der Waals surface area contributed by atoms with E-state index in [1.807, 2.05) is 0 Å². The van der Waals surface area contributed by atoms with Crippen LogP contribution in [0, 0.1) is 0 Å². The molecule has 0 fully saturated rings. The largest absolute Gasteiger partial charge is 0.311 e. The first-order valence-corrected chi connectivity index (χ1v) is 5.57. The van der Waals surface area contributed by atoms with E-state index < -0.39 is 0 Å². The van der Waals surface area contributed by atoms with Crippen LogP contribution in [0.1, 0.15) is 25.6 Å². The Kier molecular flexibility index (Phi) is 4.19. The van der Waals surface area contributed by atoms with Crippen LogP contribution >= 0.6 is 11.3 Å². The Bertz CT molecular complexity index is 262. The summed E-state index contributed by atoms with van der Waals surface area (Å²) >= 11 is 1.78. The summed E-state index contributed by atoms with van der Waals surface area (Å²) in [4.78, 5) is 1.34. The first-order chi connectivity index (χ1) is 6.24. The molecular formula is C11H17NS. The van der Waals surface area contributed by atoms with Crippen LogP contribution < -0.4 is 5.32 Å². The van der Waals surface area contributed by atoms with Crippen LogP contribution in [0.3, 0.4) is 0 Å². The molecule has 1 unspecified atom stereocenters. The monoisotopic (exact) mass is 195 g/mol. The second kappa shape index (κ2) is 5.20. The molecule has 2 heteroatoms. The van der Waals surface area contributed by atoms with E-state index in [4.69, 9.17) is 0 Å². The van der Waals surface area contributed by atoms with Crippen LogP contribution in [-0.2, 0) is 0 Å². The van der Waals surface area contributed by atoms with Gasteiger partial charge in [-0.1, -0.05) is 18.6 Å². The molecule has 1 aromatic heterocycles. The zero-order valence-electron chi connectivity index (χ0n) is 8.50. The fourth-order valence-corrected chi connectivity index (χ4v) is 1.92. The van der Waals surface area contributed by atoms with Gasteiger partial charge >= 0.3 is 0 Å². The van der Waals surface area contributed by atoms with Crippen molar-refractivity contribution in [2.45, 2.75) is 26.8 Å². The predicted molar refractivity (Wildman–Crippen MR) is 61.1 cm³/mol. The maximum atomic E-state index is 3.39. The lowest BCUT2D eigenvalue weighted by molar-refractivity contribution is 0.636. The van der Waals surface area contributed by atoms with Gasteiger partial charge in [-0.3, -0.25) is 0 Å². The fraction of sp³-hybridized carbons (Fsp3) is 0.455. The van der Waals surface area contributed by atoms with Crippen molar-refractivity contribution in [2.24, 2.45) is 0 Å². The highest BCUT2D eigenvalue weighted by molar-refractivity contribution is 7.10. The van der Waals surface area contributed by atoms with Gasteiger partial charge in [-0.05, 0) is 37.9 Å². The topological polar surface area (TPSA) is 12.0 Å². The van der Waals surface area contributed by atoms with E-state index in [-0.39, 0.29) is 0 Å². The Balaban J connectivity index is 2.60. The molecule has 0 saturated carbocycles. The minimum Gasteiger partial charge on any atom is -0.311 e. The standard InChI is InChI=1S/C11H17NS/c1-4-12-10(3)9(2)8-11-6-5-7-13-11/h5-8,10,12H,4H2,1-3H3/b9-8+. The zero-order chi connectivity index (χ0) is 9.68. The molecule has 0 radical (unpaired) electrons. The average Bonchev–Trinajstić information content (AvgIpc) is 2.57. The summed E-state index contributed by atoms with van der Waals surface area (Å²) in [6.07, 6.45) is 2.25. The van der Waals surface area contributed by atoms with Crippen molar-refractivity contribution < 1.29 is 0 Å². The van der Waals surface area contributed by atoms with Crippen LogP contribution in [0.4, 0.5) is 0 Å². The molecule has 0 aliphatic carbocycles. The van der Waals surface area contributed by atoms with Crippen molar-refractivity contribution in [1.29, 1.82) is 0 Å². The number of likely N-dealkylation sites (N-methyl/N-ethyl adjacent to an activating group) is 1. The molecule has 0 amide bonds. The maximum absolute atomic E-state index is 3.39. The Morgan fingerprint density at radius 1 is 1.69 bits per heavy atom. The zero-order valence-corrected chi connectivity index (χ0v) is 9.32. The van der Waals surface area contributed by atoms with Crippen molar-refractivity contribution in [3.8, 4) is 0 Å². The third-order valence-corrected chi connectivity index (χ3v) is 2.93. The maximum Gasteiger partial charge on any atom is 0.0270 e. The number of nitrogens with one attached hydrogen (secondary N) is 1. The second-order valence-electron chi connectivity index (χ2n) is 3.18. The third kappa shape index (κ3) is 3.33. The van der Waals surface area contributed by atoms with E-state index >= 15 is 0 Å². The number of hydrogen-bond donors (Lipinski definition) is 1. The van der Waals surface area contributed by atoms with Gasteiger partial charge in [-0.2, -0.15) is 0 Å². The Labute approximate surface area is 84.5 Å². The van der Waals surface area contributed by atoms with E-state index in [0.717, 1.165) is 6.54 Å². The molecule has 0 aliphatic heterocycles. The summed E-state index contributed by atoms with van der Waals surface area (Å²) in [5.41, 5.74) is 1.39. The van der Waals surface area contributed by atoms with E-state index in [9.17, 15) is 0 Å². The van der Waals surface area contributed by atoms with Crippen molar-refractivity contribution in [1.82, 2.24) is 5.32 Å². The minimum atomic E-state index is 0.479. The van der Waals surface area contributed by atoms with Crippen molar-refractivity contribution >= 4 is 17.4 Å². The van der Waals surface area contributed by atoms with Gasteiger partial charge in [0.25, 0.3) is 0 Å². The lowest BCUT2D eigenvalue weighted by atomic mass is 10.1. The molecule has 1 heterocycles. The molecular weight excluding hydrogens is 178 g/mol. The van der Waals surface area contributed by atoms with Crippen LogP contribution in [-0.4, -0.2) is 12.6 Å². The first kappa shape index (κ1) is 10.5. The molecule has 1 atom stereocenters. The highest BCUT2D eigenvalue weighted by atomic mass is 32.1. The highest BCUT2D eigenvalue weighted by Gasteiger charge is 2.01. The molecule has 1 rings (SSSR count). The Morgan fingerprint density at radius 3 is 3.00 bits per heavy atom. The van der Waals surface area contributed by atoms with Gasteiger partial charge < -0.3 is 5.32 Å². The van der Waals surface area contributed by atoms with Crippen molar-refractivity contribution in [3.05, 3.63) is 28.0 Å². The lowest BCUT2D eigenvalue weighted by Crippen LogP contribution is -2.26. The molecule has 0 saturated heterocycles. The first-order valence-electron chi connectivity index (χ1n) is 4.69. The third-order valence-electron chi connectivity index (χ3n) is 2.11. The number of hydrogen-bond acceptors (Lipinski definition) is 2. The van der Waals surface area contributed by atoms with Gasteiger partial charge in [0.15, 0.2) is 0 Å². The fourth-order valence-electron chi connectivity index (χ4n) is 1.19.